The summed E-state index contributed by atoms with van der Waals surface area (Å²) in [7, 11) is -1.25. The van der Waals surface area contributed by atoms with Crippen molar-refractivity contribution in [2.45, 2.75) is 39.0 Å². The number of hydrogen-bond acceptors (Lipinski definition) is 4. The smallest absolute Gasteiger partial charge is 0.267 e. The maximum absolute atomic E-state index is 14.7. The molecule has 0 atom stereocenters. The fourth-order valence-electron chi connectivity index (χ4n) is 2.72. The van der Waals surface area contributed by atoms with Gasteiger partial charge in [-0.1, -0.05) is 50.0 Å². The van der Waals surface area contributed by atoms with E-state index >= 15 is 0 Å². The van der Waals surface area contributed by atoms with E-state index in [-0.39, 0.29) is 35.3 Å². The Morgan fingerprint density at radius 2 is 1.90 bits per heavy atom. The molecule has 3 rings (SSSR count). The van der Waals surface area contributed by atoms with Gasteiger partial charge in [0.05, 0.1) is 5.52 Å². The number of halogens is 2. The van der Waals surface area contributed by atoms with Crippen molar-refractivity contribution in [2.75, 3.05) is 6.61 Å². The fraction of sp³-hybridized carbons (Fsp3) is 0.333. The molecule has 0 fully saturated rings. The van der Waals surface area contributed by atoms with Crippen molar-refractivity contribution in [3.05, 3.63) is 69.5 Å². The quantitative estimate of drug-likeness (QED) is 0.282. The van der Waals surface area contributed by atoms with Crippen LogP contribution in [0.15, 0.2) is 47.3 Å². The van der Waals surface area contributed by atoms with Gasteiger partial charge in [0.1, 0.15) is 30.3 Å². The van der Waals surface area contributed by atoms with Crippen LogP contribution >= 0.6 is 11.6 Å². The minimum Gasteiger partial charge on any atom is -0.489 e. The van der Waals surface area contributed by atoms with Gasteiger partial charge in [0.2, 0.25) is 5.28 Å². The highest BCUT2D eigenvalue weighted by molar-refractivity contribution is 6.76. The summed E-state index contributed by atoms with van der Waals surface area (Å²) in [5, 5.41) is -0.176. The molecular formula is C21H24ClFN2O3Si. The predicted octanol–water partition coefficient (Wildman–Crippen LogP) is 5.08. The monoisotopic (exact) mass is 434 g/mol. The van der Waals surface area contributed by atoms with Crippen molar-refractivity contribution in [1.82, 2.24) is 9.55 Å². The molecule has 0 N–H and O–H groups in total. The van der Waals surface area contributed by atoms with Gasteiger partial charge in [-0.15, -0.1) is 0 Å². The summed E-state index contributed by atoms with van der Waals surface area (Å²) in [6.07, 6.45) is 0. The Balaban J connectivity index is 1.81. The summed E-state index contributed by atoms with van der Waals surface area (Å²) in [5.74, 6) is -0.415. The first-order valence-electron chi connectivity index (χ1n) is 9.39. The van der Waals surface area contributed by atoms with Gasteiger partial charge in [-0.3, -0.25) is 9.36 Å². The number of fused-ring (bicyclic) bond motifs is 1. The Morgan fingerprint density at radius 1 is 1.17 bits per heavy atom. The summed E-state index contributed by atoms with van der Waals surface area (Å²) >= 11 is 6.17. The molecule has 0 amide bonds. The number of hydrogen-bond donors (Lipinski definition) is 0. The summed E-state index contributed by atoms with van der Waals surface area (Å²) in [6, 6.07) is 13.2. The van der Waals surface area contributed by atoms with Crippen molar-refractivity contribution in [3.63, 3.8) is 0 Å². The third-order valence-electron chi connectivity index (χ3n) is 4.40. The van der Waals surface area contributed by atoms with Crippen LogP contribution in [0.1, 0.15) is 5.56 Å². The maximum Gasteiger partial charge on any atom is 0.267 e. The van der Waals surface area contributed by atoms with Crippen LogP contribution in [0.5, 0.6) is 5.75 Å². The molecule has 0 spiro atoms. The van der Waals surface area contributed by atoms with Crippen LogP contribution in [0.4, 0.5) is 4.39 Å². The molecule has 0 bridgehead atoms. The summed E-state index contributed by atoms with van der Waals surface area (Å²) in [5.41, 5.74) is 0.534. The largest absolute Gasteiger partial charge is 0.489 e. The Kier molecular flexibility index (Phi) is 6.72. The summed E-state index contributed by atoms with van der Waals surface area (Å²) < 4.78 is 27.1. The molecule has 1 aromatic heterocycles. The van der Waals surface area contributed by atoms with Crippen molar-refractivity contribution >= 4 is 30.6 Å². The summed E-state index contributed by atoms with van der Waals surface area (Å²) in [6.45, 7) is 7.45. The zero-order valence-electron chi connectivity index (χ0n) is 16.7. The SMILES string of the molecule is C[Si](C)(C)CCOCn1c(Cl)nc2cc(OCc3ccccc3)cc(F)c2c1=O. The van der Waals surface area contributed by atoms with E-state index in [4.69, 9.17) is 21.1 Å². The molecule has 5 nitrogen and oxygen atoms in total. The third kappa shape index (κ3) is 5.65. The zero-order valence-corrected chi connectivity index (χ0v) is 18.5. The molecule has 3 aromatic rings. The predicted molar refractivity (Wildman–Crippen MR) is 116 cm³/mol. The molecular weight excluding hydrogens is 411 g/mol. The maximum atomic E-state index is 14.7. The molecule has 1 heterocycles. The number of rotatable bonds is 8. The average molecular weight is 435 g/mol. The van der Waals surface area contributed by atoms with Crippen LogP contribution in [0, 0.1) is 5.82 Å². The first-order chi connectivity index (χ1) is 13.7. The minimum atomic E-state index is -1.25. The van der Waals surface area contributed by atoms with E-state index in [1.54, 1.807) is 0 Å². The van der Waals surface area contributed by atoms with E-state index in [1.807, 2.05) is 30.3 Å². The molecule has 0 aliphatic carbocycles. The third-order valence-corrected chi connectivity index (χ3v) is 6.40. The second kappa shape index (κ2) is 9.07. The molecule has 2 aromatic carbocycles. The van der Waals surface area contributed by atoms with Crippen LogP contribution in [-0.2, 0) is 18.1 Å². The lowest BCUT2D eigenvalue weighted by Crippen LogP contribution is -2.26. The van der Waals surface area contributed by atoms with Gasteiger partial charge >= 0.3 is 0 Å². The second-order valence-electron chi connectivity index (χ2n) is 8.04. The lowest BCUT2D eigenvalue weighted by Gasteiger charge is -2.16. The van der Waals surface area contributed by atoms with Crippen molar-refractivity contribution < 1.29 is 13.9 Å². The van der Waals surface area contributed by atoms with Crippen LogP contribution < -0.4 is 10.3 Å². The first-order valence-corrected chi connectivity index (χ1v) is 13.5. The van der Waals surface area contributed by atoms with E-state index in [1.165, 1.54) is 12.1 Å². The van der Waals surface area contributed by atoms with E-state index < -0.39 is 19.5 Å². The van der Waals surface area contributed by atoms with Crippen molar-refractivity contribution in [1.29, 1.82) is 0 Å². The number of ether oxygens (including phenoxy) is 2. The molecule has 0 aliphatic rings. The number of aromatic nitrogens is 2. The van der Waals surface area contributed by atoms with E-state index in [9.17, 15) is 9.18 Å². The van der Waals surface area contributed by atoms with Crippen molar-refractivity contribution in [2.24, 2.45) is 0 Å². The molecule has 154 valence electrons. The molecule has 0 radical (unpaired) electrons. The Morgan fingerprint density at radius 3 is 2.59 bits per heavy atom. The van der Waals surface area contributed by atoms with Gasteiger partial charge < -0.3 is 9.47 Å². The average Bonchev–Trinajstić information content (AvgIpc) is 2.65. The zero-order chi connectivity index (χ0) is 21.0. The molecule has 29 heavy (non-hydrogen) atoms. The normalized spacial score (nSPS) is 11.8. The van der Waals surface area contributed by atoms with Crippen LogP contribution in [0.3, 0.4) is 0 Å². The topological polar surface area (TPSA) is 53.4 Å². The first kappa shape index (κ1) is 21.5. The van der Waals surface area contributed by atoms with Gasteiger partial charge in [0.25, 0.3) is 5.56 Å². The van der Waals surface area contributed by atoms with Crippen LogP contribution in [0.2, 0.25) is 31.0 Å². The Hall–Kier alpha value is -2.22. The van der Waals surface area contributed by atoms with Crippen LogP contribution in [0.25, 0.3) is 10.9 Å². The van der Waals surface area contributed by atoms with Gasteiger partial charge in [-0.25, -0.2) is 9.37 Å². The highest BCUT2D eigenvalue weighted by Crippen LogP contribution is 2.23. The van der Waals surface area contributed by atoms with Gasteiger partial charge in [-0.2, -0.15) is 0 Å². The highest BCUT2D eigenvalue weighted by Gasteiger charge is 2.16. The number of nitrogens with zero attached hydrogens (tertiary/aromatic N) is 2. The Bertz CT molecular complexity index is 1050. The number of benzene rings is 2. The molecule has 8 heteroatoms. The highest BCUT2D eigenvalue weighted by atomic mass is 35.5. The van der Waals surface area contributed by atoms with Crippen molar-refractivity contribution in [3.8, 4) is 5.75 Å². The fourth-order valence-corrected chi connectivity index (χ4v) is 3.69. The Labute approximate surface area is 175 Å². The molecule has 0 unspecified atom stereocenters. The molecule has 0 aliphatic heterocycles. The van der Waals surface area contributed by atoms with E-state index in [0.29, 0.717) is 6.61 Å². The lowest BCUT2D eigenvalue weighted by molar-refractivity contribution is 0.0846. The standard InChI is InChI=1S/C21H24ClFN2O3Si/c1-29(2,3)10-9-27-14-25-20(26)19-17(23)11-16(12-18(19)24-21(25)22)28-13-15-7-5-4-6-8-15/h4-8,11-12H,9-10,13-14H2,1-3H3. The molecule has 0 saturated heterocycles. The summed E-state index contributed by atoms with van der Waals surface area (Å²) in [4.78, 5) is 16.9. The van der Waals surface area contributed by atoms with Crippen LogP contribution in [-0.4, -0.2) is 24.2 Å². The lowest BCUT2D eigenvalue weighted by atomic mass is 10.2. The van der Waals surface area contributed by atoms with E-state index in [0.717, 1.165) is 16.2 Å². The second-order valence-corrected chi connectivity index (χ2v) is 14.0. The van der Waals surface area contributed by atoms with Gasteiger partial charge in [-0.05, 0) is 23.2 Å². The minimum absolute atomic E-state index is 0.0462. The molecule has 0 saturated carbocycles. The van der Waals surface area contributed by atoms with Gasteiger partial charge in [0.15, 0.2) is 0 Å². The van der Waals surface area contributed by atoms with Gasteiger partial charge in [0, 0.05) is 26.8 Å². The van der Waals surface area contributed by atoms with E-state index in [2.05, 4.69) is 24.6 Å².